The van der Waals surface area contributed by atoms with Crippen molar-refractivity contribution in [1.82, 2.24) is 5.32 Å². The second-order valence-electron chi connectivity index (χ2n) is 4.37. The van der Waals surface area contributed by atoms with Crippen LogP contribution in [0.25, 0.3) is 0 Å². The molecule has 1 aromatic rings. The van der Waals surface area contributed by atoms with Crippen LogP contribution in [-0.4, -0.2) is 11.9 Å². The van der Waals surface area contributed by atoms with Gasteiger partial charge in [-0.15, -0.1) is 0 Å². The molecule has 0 radical (unpaired) electrons. The molecule has 5 heteroatoms. The van der Waals surface area contributed by atoms with Gasteiger partial charge >= 0.3 is 0 Å². The second-order valence-corrected chi connectivity index (χ2v) is 4.37. The van der Waals surface area contributed by atoms with E-state index in [2.05, 4.69) is 5.32 Å². The maximum atomic E-state index is 13.4. The van der Waals surface area contributed by atoms with Crippen LogP contribution >= 0.6 is 0 Å². The molecule has 1 saturated carbocycles. The summed E-state index contributed by atoms with van der Waals surface area (Å²) in [7, 11) is 0. The SMILES string of the molecule is CC(NC(=O)C1CC1N)c1c(F)cccc1F. The van der Waals surface area contributed by atoms with Crippen molar-refractivity contribution in [3.05, 3.63) is 35.4 Å². The Kier molecular flexibility index (Phi) is 3.11. The third-order valence-corrected chi connectivity index (χ3v) is 2.97. The molecule has 0 aromatic heterocycles. The number of nitrogens with two attached hydrogens (primary N) is 1. The van der Waals surface area contributed by atoms with E-state index in [1.54, 1.807) is 6.92 Å². The Morgan fingerprint density at radius 1 is 1.47 bits per heavy atom. The van der Waals surface area contributed by atoms with Crippen LogP contribution < -0.4 is 11.1 Å². The maximum absolute atomic E-state index is 13.4. The molecule has 3 atom stereocenters. The van der Waals surface area contributed by atoms with E-state index in [1.807, 2.05) is 0 Å². The molecule has 1 aromatic carbocycles. The second kappa shape index (κ2) is 4.41. The van der Waals surface area contributed by atoms with Crippen LogP contribution in [0, 0.1) is 17.6 Å². The van der Waals surface area contributed by atoms with Crippen molar-refractivity contribution in [3.8, 4) is 0 Å². The molecule has 3 unspecified atom stereocenters. The Bertz CT molecular complexity index is 430. The zero-order chi connectivity index (χ0) is 12.6. The van der Waals surface area contributed by atoms with E-state index in [1.165, 1.54) is 18.2 Å². The highest BCUT2D eigenvalue weighted by Crippen LogP contribution is 2.29. The average molecular weight is 240 g/mol. The molecule has 0 spiro atoms. The highest BCUT2D eigenvalue weighted by atomic mass is 19.1. The molecule has 0 bridgehead atoms. The largest absolute Gasteiger partial charge is 0.349 e. The molecule has 3 nitrogen and oxygen atoms in total. The first-order valence-corrected chi connectivity index (χ1v) is 5.50. The predicted octanol–water partition coefficient (Wildman–Crippen LogP) is 1.49. The molecular weight excluding hydrogens is 226 g/mol. The number of nitrogens with one attached hydrogen (secondary N) is 1. The number of carbonyl (C=O) groups excluding carboxylic acids is 1. The van der Waals surface area contributed by atoms with Crippen molar-refractivity contribution in [2.24, 2.45) is 11.7 Å². The van der Waals surface area contributed by atoms with E-state index in [-0.39, 0.29) is 23.4 Å². The van der Waals surface area contributed by atoms with Gasteiger partial charge in [-0.1, -0.05) is 6.07 Å². The first kappa shape index (κ1) is 12.0. The summed E-state index contributed by atoms with van der Waals surface area (Å²) < 4.78 is 26.9. The minimum absolute atomic E-state index is 0.116. The van der Waals surface area contributed by atoms with Gasteiger partial charge in [0.05, 0.1) is 12.0 Å². The fourth-order valence-corrected chi connectivity index (χ4v) is 1.83. The standard InChI is InChI=1S/C12H14F2N2O/c1-6(16-12(17)7-5-10(7)15)11-8(13)3-2-4-9(11)14/h2-4,6-7,10H,5,15H2,1H3,(H,16,17). The van der Waals surface area contributed by atoms with Crippen molar-refractivity contribution in [3.63, 3.8) is 0 Å². The van der Waals surface area contributed by atoms with E-state index >= 15 is 0 Å². The van der Waals surface area contributed by atoms with Crippen LogP contribution in [0.4, 0.5) is 8.78 Å². The number of hydrogen-bond acceptors (Lipinski definition) is 2. The molecule has 17 heavy (non-hydrogen) atoms. The number of rotatable bonds is 3. The van der Waals surface area contributed by atoms with Gasteiger partial charge in [0.2, 0.25) is 5.91 Å². The molecule has 1 aliphatic rings. The third-order valence-electron chi connectivity index (χ3n) is 2.97. The van der Waals surface area contributed by atoms with Crippen molar-refractivity contribution < 1.29 is 13.6 Å². The summed E-state index contributed by atoms with van der Waals surface area (Å²) in [6.07, 6.45) is 0.637. The van der Waals surface area contributed by atoms with Gasteiger partial charge in [-0.2, -0.15) is 0 Å². The average Bonchev–Trinajstić information content (AvgIpc) is 2.95. The number of benzene rings is 1. The summed E-state index contributed by atoms with van der Waals surface area (Å²) in [6.45, 7) is 1.55. The topological polar surface area (TPSA) is 55.1 Å². The molecular formula is C12H14F2N2O. The lowest BCUT2D eigenvalue weighted by Gasteiger charge is -2.15. The number of amides is 1. The monoisotopic (exact) mass is 240 g/mol. The highest BCUT2D eigenvalue weighted by molar-refractivity contribution is 5.82. The molecule has 3 N–H and O–H groups in total. The summed E-state index contributed by atoms with van der Waals surface area (Å²) in [5.41, 5.74) is 5.42. The molecule has 2 rings (SSSR count). The first-order valence-electron chi connectivity index (χ1n) is 5.50. The van der Waals surface area contributed by atoms with Crippen LogP contribution in [0.1, 0.15) is 24.9 Å². The van der Waals surface area contributed by atoms with Crippen molar-refractivity contribution in [2.75, 3.05) is 0 Å². The molecule has 1 amide bonds. The van der Waals surface area contributed by atoms with Crippen LogP contribution in [0.15, 0.2) is 18.2 Å². The van der Waals surface area contributed by atoms with E-state index < -0.39 is 17.7 Å². The zero-order valence-electron chi connectivity index (χ0n) is 9.41. The molecule has 0 heterocycles. The Morgan fingerprint density at radius 2 is 2.00 bits per heavy atom. The molecule has 1 aliphatic carbocycles. The quantitative estimate of drug-likeness (QED) is 0.841. The van der Waals surface area contributed by atoms with Crippen molar-refractivity contribution in [2.45, 2.75) is 25.4 Å². The minimum atomic E-state index is -0.698. The van der Waals surface area contributed by atoms with Gasteiger partial charge in [-0.25, -0.2) is 8.78 Å². The molecule has 0 aliphatic heterocycles. The Labute approximate surface area is 98.0 Å². The van der Waals surface area contributed by atoms with E-state index in [9.17, 15) is 13.6 Å². The van der Waals surface area contributed by atoms with Gasteiger partial charge in [-0.05, 0) is 25.5 Å². The number of halogens is 2. The van der Waals surface area contributed by atoms with Gasteiger partial charge in [0.1, 0.15) is 11.6 Å². The van der Waals surface area contributed by atoms with Crippen molar-refractivity contribution in [1.29, 1.82) is 0 Å². The lowest BCUT2D eigenvalue weighted by Crippen LogP contribution is -2.31. The summed E-state index contributed by atoms with van der Waals surface area (Å²) in [5.74, 6) is -1.77. The highest BCUT2D eigenvalue weighted by Gasteiger charge is 2.40. The number of carbonyl (C=O) groups is 1. The third kappa shape index (κ3) is 2.44. The summed E-state index contributed by atoms with van der Waals surface area (Å²) in [4.78, 5) is 11.6. The van der Waals surface area contributed by atoms with Gasteiger partial charge in [0.25, 0.3) is 0 Å². The van der Waals surface area contributed by atoms with Crippen LogP contribution in [0.2, 0.25) is 0 Å². The lowest BCUT2D eigenvalue weighted by molar-refractivity contribution is -0.123. The smallest absolute Gasteiger partial charge is 0.225 e. The first-order chi connectivity index (χ1) is 8.00. The Morgan fingerprint density at radius 3 is 2.47 bits per heavy atom. The van der Waals surface area contributed by atoms with Gasteiger partial charge in [0, 0.05) is 11.6 Å². The molecule has 1 fully saturated rings. The van der Waals surface area contributed by atoms with E-state index in [4.69, 9.17) is 5.73 Å². The fraction of sp³-hybridized carbons (Fsp3) is 0.417. The fourth-order valence-electron chi connectivity index (χ4n) is 1.83. The molecule has 92 valence electrons. The van der Waals surface area contributed by atoms with Gasteiger partial charge in [0.15, 0.2) is 0 Å². The Hall–Kier alpha value is -1.49. The van der Waals surface area contributed by atoms with Gasteiger partial charge in [-0.3, -0.25) is 4.79 Å². The summed E-state index contributed by atoms with van der Waals surface area (Å²) >= 11 is 0. The minimum Gasteiger partial charge on any atom is -0.349 e. The summed E-state index contributed by atoms with van der Waals surface area (Å²) in [6, 6.07) is 2.82. The van der Waals surface area contributed by atoms with E-state index in [0.29, 0.717) is 6.42 Å². The predicted molar refractivity (Wildman–Crippen MR) is 59.0 cm³/mol. The number of hydrogen-bond donors (Lipinski definition) is 2. The van der Waals surface area contributed by atoms with E-state index in [0.717, 1.165) is 0 Å². The lowest BCUT2D eigenvalue weighted by atomic mass is 10.1. The van der Waals surface area contributed by atoms with Crippen molar-refractivity contribution >= 4 is 5.91 Å². The maximum Gasteiger partial charge on any atom is 0.225 e. The van der Waals surface area contributed by atoms with Crippen LogP contribution in [0.3, 0.4) is 0 Å². The zero-order valence-corrected chi connectivity index (χ0v) is 9.41. The Balaban J connectivity index is 2.09. The molecule has 0 saturated heterocycles. The van der Waals surface area contributed by atoms with Crippen LogP contribution in [0.5, 0.6) is 0 Å². The normalized spacial score (nSPS) is 24.2. The van der Waals surface area contributed by atoms with Crippen LogP contribution in [-0.2, 0) is 4.79 Å². The van der Waals surface area contributed by atoms with Gasteiger partial charge < -0.3 is 11.1 Å². The summed E-state index contributed by atoms with van der Waals surface area (Å²) in [5, 5.41) is 2.57.